The lowest BCUT2D eigenvalue weighted by atomic mass is 10.1. The number of carbonyl (C=O) groups is 2. The third-order valence-corrected chi connectivity index (χ3v) is 6.98. The van der Waals surface area contributed by atoms with Crippen LogP contribution in [0.5, 0.6) is 11.5 Å². The van der Waals surface area contributed by atoms with Crippen molar-refractivity contribution in [3.8, 4) is 22.1 Å². The molecule has 1 saturated heterocycles. The summed E-state index contributed by atoms with van der Waals surface area (Å²) in [6, 6.07) is 18.5. The Balaban J connectivity index is 1.17. The van der Waals surface area contributed by atoms with Gasteiger partial charge in [0.2, 0.25) is 17.8 Å². The second-order valence-corrected chi connectivity index (χ2v) is 9.17. The topological polar surface area (TPSA) is 93.7 Å². The van der Waals surface area contributed by atoms with Crippen molar-refractivity contribution in [1.29, 1.82) is 0 Å². The molecule has 3 heterocycles. The van der Waals surface area contributed by atoms with E-state index in [9.17, 15) is 9.59 Å². The summed E-state index contributed by atoms with van der Waals surface area (Å²) in [5, 5.41) is 14.3. The van der Waals surface area contributed by atoms with Crippen LogP contribution >= 0.6 is 11.3 Å². The van der Waals surface area contributed by atoms with Gasteiger partial charge in [0.1, 0.15) is 11.0 Å². The lowest BCUT2D eigenvalue weighted by molar-refractivity contribution is -0.119. The van der Waals surface area contributed by atoms with Gasteiger partial charge in [-0.2, -0.15) is 0 Å². The standard InChI is InChI=1S/C25H20N4O4S/c30-22(26-25-28-27-23(34-25)17-9-10-20-21(13-17)33-14-32-20)19-6-3-11-29(19)24(31)18-8-7-15-4-1-2-5-16(15)12-18/h1-2,4-5,7-10,12-13,19H,3,6,11,14H2,(H,26,28,30). The predicted octanol–water partition coefficient (Wildman–Crippen LogP) is 4.33. The van der Waals surface area contributed by atoms with Crippen LogP contribution in [0.1, 0.15) is 23.2 Å². The van der Waals surface area contributed by atoms with Gasteiger partial charge in [0, 0.05) is 17.7 Å². The highest BCUT2D eigenvalue weighted by Crippen LogP contribution is 2.37. The zero-order valence-electron chi connectivity index (χ0n) is 18.1. The molecule has 1 aromatic heterocycles. The van der Waals surface area contributed by atoms with E-state index in [0.29, 0.717) is 40.2 Å². The number of carbonyl (C=O) groups excluding carboxylic acids is 2. The Morgan fingerprint density at radius 3 is 2.74 bits per heavy atom. The molecule has 1 N–H and O–H groups in total. The number of nitrogens with zero attached hydrogens (tertiary/aromatic N) is 3. The van der Waals surface area contributed by atoms with Gasteiger partial charge >= 0.3 is 0 Å². The van der Waals surface area contributed by atoms with Crippen LogP contribution in [0.3, 0.4) is 0 Å². The van der Waals surface area contributed by atoms with Gasteiger partial charge in [-0.15, -0.1) is 10.2 Å². The number of amides is 2. The number of anilines is 1. The molecule has 0 radical (unpaired) electrons. The van der Waals surface area contributed by atoms with Crippen molar-refractivity contribution < 1.29 is 19.1 Å². The van der Waals surface area contributed by atoms with E-state index in [1.54, 1.807) is 4.90 Å². The number of hydrogen-bond acceptors (Lipinski definition) is 7. The maximum atomic E-state index is 13.2. The van der Waals surface area contributed by atoms with Gasteiger partial charge in [-0.1, -0.05) is 41.7 Å². The quantitative estimate of drug-likeness (QED) is 0.475. The highest BCUT2D eigenvalue weighted by Gasteiger charge is 2.35. The molecule has 0 aliphatic carbocycles. The van der Waals surface area contributed by atoms with Gasteiger partial charge in [-0.25, -0.2) is 0 Å². The van der Waals surface area contributed by atoms with Crippen LogP contribution in [0.4, 0.5) is 5.13 Å². The van der Waals surface area contributed by atoms with Crippen LogP contribution in [-0.4, -0.2) is 46.3 Å². The lowest BCUT2D eigenvalue weighted by Crippen LogP contribution is -2.43. The zero-order chi connectivity index (χ0) is 23.1. The second-order valence-electron chi connectivity index (χ2n) is 8.19. The summed E-state index contributed by atoms with van der Waals surface area (Å²) >= 11 is 1.27. The Kier molecular flexibility index (Phi) is 5.10. The second kappa shape index (κ2) is 8.42. The molecule has 4 aromatic rings. The fourth-order valence-corrected chi connectivity index (χ4v) is 5.12. The molecule has 0 saturated carbocycles. The van der Waals surface area contributed by atoms with E-state index in [4.69, 9.17) is 9.47 Å². The highest BCUT2D eigenvalue weighted by atomic mass is 32.1. The Hall–Kier alpha value is -3.98. The smallest absolute Gasteiger partial charge is 0.254 e. The number of fused-ring (bicyclic) bond motifs is 2. The minimum Gasteiger partial charge on any atom is -0.454 e. The molecule has 0 bridgehead atoms. The number of aromatic nitrogens is 2. The minimum atomic E-state index is -0.545. The normalized spacial score (nSPS) is 16.7. The van der Waals surface area contributed by atoms with Gasteiger partial charge in [0.15, 0.2) is 11.5 Å². The third kappa shape index (κ3) is 3.73. The summed E-state index contributed by atoms with van der Waals surface area (Å²) in [5.74, 6) is 0.966. The molecule has 170 valence electrons. The van der Waals surface area contributed by atoms with E-state index in [0.717, 1.165) is 22.8 Å². The largest absolute Gasteiger partial charge is 0.454 e. The maximum Gasteiger partial charge on any atom is 0.254 e. The van der Waals surface area contributed by atoms with Gasteiger partial charge in [0.25, 0.3) is 5.91 Å². The number of rotatable bonds is 4. The molecular formula is C25H20N4O4S. The van der Waals surface area contributed by atoms with E-state index in [-0.39, 0.29) is 18.6 Å². The van der Waals surface area contributed by atoms with Crippen molar-refractivity contribution in [2.45, 2.75) is 18.9 Å². The number of likely N-dealkylation sites (tertiary alicyclic amines) is 1. The van der Waals surface area contributed by atoms with Crippen molar-refractivity contribution in [3.05, 3.63) is 66.2 Å². The fourth-order valence-electron chi connectivity index (χ4n) is 4.38. The molecule has 1 fully saturated rings. The lowest BCUT2D eigenvalue weighted by Gasteiger charge is -2.23. The Morgan fingerprint density at radius 2 is 1.82 bits per heavy atom. The molecule has 2 aliphatic rings. The predicted molar refractivity (Wildman–Crippen MR) is 128 cm³/mol. The molecule has 1 atom stereocenters. The monoisotopic (exact) mass is 472 g/mol. The van der Waals surface area contributed by atoms with Crippen molar-refractivity contribution in [3.63, 3.8) is 0 Å². The molecule has 0 spiro atoms. The SMILES string of the molecule is O=C(Nc1nnc(-c2ccc3c(c2)OCO3)s1)C1CCCN1C(=O)c1ccc2ccccc2c1. The van der Waals surface area contributed by atoms with Crippen LogP contribution in [0.25, 0.3) is 21.3 Å². The van der Waals surface area contributed by atoms with Crippen molar-refractivity contribution >= 4 is 39.1 Å². The van der Waals surface area contributed by atoms with Crippen LogP contribution in [-0.2, 0) is 4.79 Å². The summed E-state index contributed by atoms with van der Waals surface area (Å²) in [6.45, 7) is 0.744. The first kappa shape index (κ1) is 20.6. The molecule has 1 unspecified atom stereocenters. The first-order valence-electron chi connectivity index (χ1n) is 11.0. The van der Waals surface area contributed by atoms with Crippen LogP contribution in [0.2, 0.25) is 0 Å². The number of benzene rings is 3. The molecule has 9 heteroatoms. The van der Waals surface area contributed by atoms with Crippen LogP contribution in [0.15, 0.2) is 60.7 Å². The molecule has 34 heavy (non-hydrogen) atoms. The Labute approximate surface area is 199 Å². The van der Waals surface area contributed by atoms with E-state index >= 15 is 0 Å². The summed E-state index contributed by atoms with van der Waals surface area (Å²) in [6.07, 6.45) is 1.38. The highest BCUT2D eigenvalue weighted by molar-refractivity contribution is 7.18. The van der Waals surface area contributed by atoms with E-state index < -0.39 is 6.04 Å². The van der Waals surface area contributed by atoms with Crippen molar-refractivity contribution in [2.75, 3.05) is 18.7 Å². The Morgan fingerprint density at radius 1 is 0.971 bits per heavy atom. The first-order chi connectivity index (χ1) is 16.7. The fraction of sp³-hybridized carbons (Fsp3) is 0.200. The van der Waals surface area contributed by atoms with E-state index in [1.807, 2.05) is 60.7 Å². The average molecular weight is 473 g/mol. The average Bonchev–Trinajstić information content (AvgIpc) is 3.63. The van der Waals surface area contributed by atoms with Gasteiger partial charge in [0.05, 0.1) is 0 Å². The number of ether oxygens (including phenoxy) is 2. The number of nitrogens with one attached hydrogen (secondary N) is 1. The number of hydrogen-bond donors (Lipinski definition) is 1. The van der Waals surface area contributed by atoms with E-state index in [2.05, 4.69) is 15.5 Å². The van der Waals surface area contributed by atoms with Gasteiger partial charge in [-0.3, -0.25) is 14.9 Å². The third-order valence-electron chi connectivity index (χ3n) is 6.09. The van der Waals surface area contributed by atoms with Gasteiger partial charge in [-0.05, 0) is 53.9 Å². The summed E-state index contributed by atoms with van der Waals surface area (Å²) in [5.41, 5.74) is 1.41. The minimum absolute atomic E-state index is 0.137. The molecule has 8 nitrogen and oxygen atoms in total. The van der Waals surface area contributed by atoms with Crippen LogP contribution < -0.4 is 14.8 Å². The summed E-state index contributed by atoms with van der Waals surface area (Å²) in [4.78, 5) is 28.0. The Bertz CT molecular complexity index is 1420. The van der Waals surface area contributed by atoms with Gasteiger partial charge < -0.3 is 14.4 Å². The summed E-state index contributed by atoms with van der Waals surface area (Å²) in [7, 11) is 0. The van der Waals surface area contributed by atoms with E-state index in [1.165, 1.54) is 11.3 Å². The zero-order valence-corrected chi connectivity index (χ0v) is 18.9. The summed E-state index contributed by atoms with van der Waals surface area (Å²) < 4.78 is 10.8. The molecule has 2 aliphatic heterocycles. The van der Waals surface area contributed by atoms with Crippen molar-refractivity contribution in [2.24, 2.45) is 0 Å². The molecular weight excluding hydrogens is 452 g/mol. The molecule has 6 rings (SSSR count). The molecule has 2 amide bonds. The van der Waals surface area contributed by atoms with Crippen LogP contribution in [0, 0.1) is 0 Å². The van der Waals surface area contributed by atoms with Crippen molar-refractivity contribution in [1.82, 2.24) is 15.1 Å². The maximum absolute atomic E-state index is 13.2. The molecule has 3 aromatic carbocycles. The first-order valence-corrected chi connectivity index (χ1v) is 11.8.